The average molecular weight is 468 g/mol. The number of anilines is 1. The number of carbonyl (C=O) groups is 2. The summed E-state index contributed by atoms with van der Waals surface area (Å²) in [5.74, 6) is -1.87. The number of hydrogen-bond donors (Lipinski definition) is 2. The molecule has 0 heterocycles. The Bertz CT molecular complexity index is 1120. The number of nitro groups is 1. The number of nitrogens with zero attached hydrogens (tertiary/aromatic N) is 1. The predicted octanol–water partition coefficient (Wildman–Crippen LogP) is 2.63. The van der Waals surface area contributed by atoms with Crippen molar-refractivity contribution in [1.29, 1.82) is 0 Å². The lowest BCUT2D eigenvalue weighted by molar-refractivity contribution is -0.383. The molecular formula is C19H18ClN3O7S. The van der Waals surface area contributed by atoms with Gasteiger partial charge >= 0.3 is 5.97 Å². The summed E-state index contributed by atoms with van der Waals surface area (Å²) in [6.45, 7) is 0.419. The van der Waals surface area contributed by atoms with Gasteiger partial charge in [-0.15, -0.1) is 0 Å². The highest BCUT2D eigenvalue weighted by Crippen LogP contribution is 2.27. The molecule has 2 rings (SSSR count). The third-order valence-electron chi connectivity index (χ3n) is 3.73. The topological polar surface area (TPSA) is 145 Å². The molecule has 0 bridgehead atoms. The molecule has 0 aliphatic carbocycles. The number of amides is 1. The number of halogens is 1. The van der Waals surface area contributed by atoms with Crippen LogP contribution in [0.2, 0.25) is 5.02 Å². The molecule has 0 saturated heterocycles. The highest BCUT2D eigenvalue weighted by atomic mass is 35.5. The Hall–Kier alpha value is -3.28. The fourth-order valence-electron chi connectivity index (χ4n) is 2.20. The fraction of sp³-hybridized carbons (Fsp3) is 0.158. The van der Waals surface area contributed by atoms with Crippen LogP contribution in [0.4, 0.5) is 11.4 Å². The minimum atomic E-state index is -3.91. The smallest absolute Gasteiger partial charge is 0.321 e. The molecule has 10 nitrogen and oxygen atoms in total. The molecule has 31 heavy (non-hydrogen) atoms. The normalized spacial score (nSPS) is 11.3. The van der Waals surface area contributed by atoms with Crippen molar-refractivity contribution in [3.63, 3.8) is 0 Å². The van der Waals surface area contributed by atoms with E-state index >= 15 is 0 Å². The van der Waals surface area contributed by atoms with E-state index in [1.54, 1.807) is 12.1 Å². The minimum absolute atomic E-state index is 0.158. The van der Waals surface area contributed by atoms with Gasteiger partial charge in [-0.05, 0) is 30.7 Å². The van der Waals surface area contributed by atoms with E-state index in [0.717, 1.165) is 17.0 Å². The van der Waals surface area contributed by atoms with Crippen molar-refractivity contribution in [3.05, 3.63) is 74.1 Å². The van der Waals surface area contributed by atoms with Crippen molar-refractivity contribution < 1.29 is 27.7 Å². The van der Waals surface area contributed by atoms with Crippen molar-refractivity contribution in [2.75, 3.05) is 18.5 Å². The van der Waals surface area contributed by atoms with Crippen LogP contribution in [0.5, 0.6) is 0 Å². The van der Waals surface area contributed by atoms with Crippen molar-refractivity contribution >= 4 is 51.0 Å². The molecule has 0 radical (unpaired) electrons. The highest BCUT2D eigenvalue weighted by Gasteiger charge is 2.17. The molecule has 0 spiro atoms. The maximum Gasteiger partial charge on any atom is 0.321 e. The zero-order chi connectivity index (χ0) is 23.0. The molecule has 2 N–H and O–H groups in total. The van der Waals surface area contributed by atoms with Crippen LogP contribution in [0.25, 0.3) is 6.08 Å². The van der Waals surface area contributed by atoms with Gasteiger partial charge in [-0.25, -0.2) is 13.1 Å². The first-order valence-electron chi connectivity index (χ1n) is 8.69. The van der Waals surface area contributed by atoms with Crippen LogP contribution in [0.15, 0.2) is 47.9 Å². The van der Waals surface area contributed by atoms with E-state index in [2.05, 4.69) is 10.1 Å². The number of esters is 1. The second-order valence-corrected chi connectivity index (χ2v) is 8.29. The third-order valence-corrected chi connectivity index (χ3v) is 5.00. The second kappa shape index (κ2) is 10.7. The van der Waals surface area contributed by atoms with Crippen molar-refractivity contribution in [2.45, 2.75) is 6.92 Å². The molecular weight excluding hydrogens is 450 g/mol. The summed E-state index contributed by atoms with van der Waals surface area (Å²) in [5.41, 5.74) is 1.12. The summed E-state index contributed by atoms with van der Waals surface area (Å²) in [6.07, 6.45) is 1.36. The standard InChI is InChI=1S/C19H18ClN3O7S/c1-13-2-4-14(5-3-13)8-9-31(28,29)21-11-19(25)30-12-18(24)22-16-10-15(20)6-7-17(16)23(26)27/h2-10,21H,11-12H2,1H3,(H,22,24). The van der Waals surface area contributed by atoms with Crippen LogP contribution < -0.4 is 10.0 Å². The summed E-state index contributed by atoms with van der Waals surface area (Å²) < 4.78 is 30.5. The first kappa shape index (κ1) is 24.0. The largest absolute Gasteiger partial charge is 0.455 e. The Morgan fingerprint density at radius 3 is 2.52 bits per heavy atom. The lowest BCUT2D eigenvalue weighted by atomic mass is 10.2. The zero-order valence-corrected chi connectivity index (χ0v) is 17.8. The molecule has 0 aliphatic rings. The Kier molecular flexibility index (Phi) is 8.25. The first-order chi connectivity index (χ1) is 14.6. The number of nitrogens with one attached hydrogen (secondary N) is 2. The van der Waals surface area contributed by atoms with E-state index in [-0.39, 0.29) is 10.7 Å². The number of nitro benzene ring substituents is 1. The van der Waals surface area contributed by atoms with Gasteiger partial charge in [0.1, 0.15) is 12.2 Å². The molecule has 1 amide bonds. The van der Waals surface area contributed by atoms with Crippen LogP contribution in [0.1, 0.15) is 11.1 Å². The molecule has 0 atom stereocenters. The summed E-state index contributed by atoms with van der Waals surface area (Å²) in [7, 11) is -3.91. The van der Waals surface area contributed by atoms with Crippen molar-refractivity contribution in [2.24, 2.45) is 0 Å². The fourth-order valence-corrected chi connectivity index (χ4v) is 3.13. The highest BCUT2D eigenvalue weighted by molar-refractivity contribution is 7.92. The number of hydrogen-bond acceptors (Lipinski definition) is 7. The van der Waals surface area contributed by atoms with Gasteiger partial charge in [-0.2, -0.15) is 0 Å². The van der Waals surface area contributed by atoms with Gasteiger partial charge in [0, 0.05) is 16.5 Å². The number of aryl methyl sites for hydroxylation is 1. The maximum atomic E-state index is 11.9. The molecule has 0 aromatic heterocycles. The first-order valence-corrected chi connectivity index (χ1v) is 10.6. The molecule has 0 aliphatic heterocycles. The average Bonchev–Trinajstić information content (AvgIpc) is 2.70. The van der Waals surface area contributed by atoms with E-state index < -0.39 is 45.7 Å². The predicted molar refractivity (Wildman–Crippen MR) is 115 cm³/mol. The maximum absolute atomic E-state index is 11.9. The number of ether oxygens (including phenoxy) is 1. The summed E-state index contributed by atoms with van der Waals surface area (Å²) in [5, 5.41) is 14.2. The minimum Gasteiger partial charge on any atom is -0.455 e. The van der Waals surface area contributed by atoms with Crippen LogP contribution in [-0.2, 0) is 24.3 Å². The van der Waals surface area contributed by atoms with Crippen LogP contribution in [-0.4, -0.2) is 38.4 Å². The van der Waals surface area contributed by atoms with Crippen LogP contribution >= 0.6 is 11.6 Å². The molecule has 0 saturated carbocycles. The number of rotatable bonds is 9. The van der Waals surface area contributed by atoms with Gasteiger partial charge in [-0.3, -0.25) is 19.7 Å². The van der Waals surface area contributed by atoms with E-state index in [9.17, 15) is 28.1 Å². The number of benzene rings is 2. The lowest BCUT2D eigenvalue weighted by Gasteiger charge is -2.08. The molecule has 2 aromatic rings. The molecule has 164 valence electrons. The zero-order valence-electron chi connectivity index (χ0n) is 16.2. The van der Waals surface area contributed by atoms with E-state index in [0.29, 0.717) is 5.56 Å². The SMILES string of the molecule is Cc1ccc(C=CS(=O)(=O)NCC(=O)OCC(=O)Nc2cc(Cl)ccc2[N+](=O)[O-])cc1. The second-order valence-electron chi connectivity index (χ2n) is 6.21. The van der Waals surface area contributed by atoms with E-state index in [4.69, 9.17) is 11.6 Å². The monoisotopic (exact) mass is 467 g/mol. The van der Waals surface area contributed by atoms with Crippen molar-refractivity contribution in [1.82, 2.24) is 4.72 Å². The van der Waals surface area contributed by atoms with Crippen LogP contribution in [0.3, 0.4) is 0 Å². The molecule has 12 heteroatoms. The number of sulfonamides is 1. The van der Waals surface area contributed by atoms with Gasteiger partial charge < -0.3 is 10.1 Å². The molecule has 2 aromatic carbocycles. The Balaban J connectivity index is 1.83. The van der Waals surface area contributed by atoms with Crippen molar-refractivity contribution in [3.8, 4) is 0 Å². The summed E-state index contributed by atoms with van der Waals surface area (Å²) in [4.78, 5) is 33.9. The third kappa shape index (κ3) is 8.16. The van der Waals surface area contributed by atoms with Gasteiger partial charge in [0.25, 0.3) is 11.6 Å². The van der Waals surface area contributed by atoms with Gasteiger partial charge in [0.15, 0.2) is 6.61 Å². The van der Waals surface area contributed by atoms with Gasteiger partial charge in [0.05, 0.1) is 4.92 Å². The van der Waals surface area contributed by atoms with Gasteiger partial charge in [-0.1, -0.05) is 41.4 Å². The summed E-state index contributed by atoms with van der Waals surface area (Å²) >= 11 is 5.76. The Labute approximate surface area is 183 Å². The quantitative estimate of drug-likeness (QED) is 0.327. The molecule has 0 fully saturated rings. The lowest BCUT2D eigenvalue weighted by Crippen LogP contribution is -2.31. The van der Waals surface area contributed by atoms with E-state index in [1.165, 1.54) is 18.2 Å². The Morgan fingerprint density at radius 2 is 1.87 bits per heavy atom. The van der Waals surface area contributed by atoms with Gasteiger partial charge in [0.2, 0.25) is 10.0 Å². The number of carbonyl (C=O) groups excluding carboxylic acids is 2. The Morgan fingerprint density at radius 1 is 1.19 bits per heavy atom. The molecule has 0 unspecified atom stereocenters. The van der Waals surface area contributed by atoms with Crippen LogP contribution in [0, 0.1) is 17.0 Å². The summed E-state index contributed by atoms with van der Waals surface area (Å²) in [6, 6.07) is 10.7. The van der Waals surface area contributed by atoms with E-state index in [1.807, 2.05) is 23.8 Å².